The minimum absolute atomic E-state index is 0.307. The maximum absolute atomic E-state index is 12.4. The molecule has 27 heavy (non-hydrogen) atoms. The number of carbonyl (C=O) groups is 1. The molecule has 0 aliphatic carbocycles. The van der Waals surface area contributed by atoms with E-state index in [1.54, 1.807) is 19.1 Å². The van der Waals surface area contributed by atoms with Crippen molar-refractivity contribution in [1.82, 2.24) is 5.32 Å². The molecule has 0 saturated heterocycles. The predicted molar refractivity (Wildman–Crippen MR) is 107 cm³/mol. The average Bonchev–Trinajstić information content (AvgIpc) is 2.62. The first-order valence-corrected chi connectivity index (χ1v) is 10.6. The summed E-state index contributed by atoms with van der Waals surface area (Å²) < 4.78 is 31.1. The molecule has 1 atom stereocenters. The number of nitrogens with one attached hydrogen (secondary N) is 1. The number of nitrogens with zero attached hydrogens (tertiary/aromatic N) is 1. The Bertz CT molecular complexity index is 836. The molecule has 0 saturated carbocycles. The van der Waals surface area contributed by atoms with Gasteiger partial charge in [-0.3, -0.25) is 9.10 Å². The fraction of sp³-hybridized carbons (Fsp3) is 0.350. The Morgan fingerprint density at radius 2 is 1.74 bits per heavy atom. The minimum atomic E-state index is -3.61. The number of hydrogen-bond donors (Lipinski definition) is 1. The molecule has 1 amide bonds. The van der Waals surface area contributed by atoms with Crippen LogP contribution >= 0.6 is 0 Å². The molecule has 0 heterocycles. The van der Waals surface area contributed by atoms with Crippen LogP contribution in [-0.2, 0) is 26.2 Å². The van der Waals surface area contributed by atoms with Crippen LogP contribution in [0.4, 0.5) is 5.69 Å². The van der Waals surface area contributed by atoms with Crippen molar-refractivity contribution >= 4 is 21.6 Å². The number of ether oxygens (including phenoxy) is 1. The zero-order valence-corrected chi connectivity index (χ0v) is 16.7. The second kappa shape index (κ2) is 9.53. The van der Waals surface area contributed by atoms with Gasteiger partial charge in [-0.2, -0.15) is 0 Å². The quantitative estimate of drug-likeness (QED) is 0.668. The summed E-state index contributed by atoms with van der Waals surface area (Å²) in [6.07, 6.45) is 1.10. The summed E-state index contributed by atoms with van der Waals surface area (Å²) in [7, 11) is -3.61. The lowest BCUT2D eigenvalue weighted by Crippen LogP contribution is -2.48. The molecule has 1 unspecified atom stereocenters. The van der Waals surface area contributed by atoms with Gasteiger partial charge < -0.3 is 10.1 Å². The van der Waals surface area contributed by atoms with Crippen molar-refractivity contribution in [3.8, 4) is 0 Å². The lowest BCUT2D eigenvalue weighted by atomic mass is 10.2. The molecule has 0 radical (unpaired) electrons. The number of amides is 1. The normalized spacial score (nSPS) is 12.4. The SMILES string of the molecule is Cc1ccc(N(C(C)C(=O)NCCOCc2ccccc2)S(C)(=O)=O)cc1. The molecule has 2 aromatic carbocycles. The van der Waals surface area contributed by atoms with Crippen LogP contribution < -0.4 is 9.62 Å². The topological polar surface area (TPSA) is 75.7 Å². The second-order valence-corrected chi connectivity index (χ2v) is 8.26. The van der Waals surface area contributed by atoms with Gasteiger partial charge in [0, 0.05) is 6.54 Å². The maximum Gasteiger partial charge on any atom is 0.243 e. The zero-order valence-electron chi connectivity index (χ0n) is 15.9. The molecular weight excluding hydrogens is 364 g/mol. The van der Waals surface area contributed by atoms with E-state index < -0.39 is 16.1 Å². The van der Waals surface area contributed by atoms with Crippen molar-refractivity contribution in [3.05, 3.63) is 65.7 Å². The molecule has 146 valence electrons. The second-order valence-electron chi connectivity index (χ2n) is 6.40. The van der Waals surface area contributed by atoms with Gasteiger partial charge >= 0.3 is 0 Å². The number of aryl methyl sites for hydroxylation is 1. The molecule has 2 aromatic rings. The van der Waals surface area contributed by atoms with E-state index in [-0.39, 0.29) is 5.91 Å². The summed E-state index contributed by atoms with van der Waals surface area (Å²) in [6.45, 7) is 4.60. The summed E-state index contributed by atoms with van der Waals surface area (Å²) in [5.74, 6) is -0.371. The first-order valence-electron chi connectivity index (χ1n) is 8.74. The summed E-state index contributed by atoms with van der Waals surface area (Å²) >= 11 is 0. The Kier molecular flexibility index (Phi) is 7.38. The summed E-state index contributed by atoms with van der Waals surface area (Å²) in [5.41, 5.74) is 2.53. The lowest BCUT2D eigenvalue weighted by molar-refractivity contribution is -0.122. The molecular formula is C20H26N2O4S. The van der Waals surface area contributed by atoms with Crippen molar-refractivity contribution in [2.24, 2.45) is 0 Å². The molecule has 0 aliphatic heterocycles. The van der Waals surface area contributed by atoms with E-state index >= 15 is 0 Å². The van der Waals surface area contributed by atoms with Crippen LogP contribution in [0.5, 0.6) is 0 Å². The van der Waals surface area contributed by atoms with Crippen LogP contribution in [0.3, 0.4) is 0 Å². The largest absolute Gasteiger partial charge is 0.375 e. The third-order valence-corrected chi connectivity index (χ3v) is 5.28. The minimum Gasteiger partial charge on any atom is -0.375 e. The van der Waals surface area contributed by atoms with Gasteiger partial charge in [-0.1, -0.05) is 48.0 Å². The van der Waals surface area contributed by atoms with Crippen LogP contribution in [-0.4, -0.2) is 39.8 Å². The Balaban J connectivity index is 1.90. The van der Waals surface area contributed by atoms with E-state index in [0.717, 1.165) is 21.7 Å². The number of anilines is 1. The Hall–Kier alpha value is -2.38. The average molecular weight is 391 g/mol. The van der Waals surface area contributed by atoms with Crippen LogP contribution in [0.25, 0.3) is 0 Å². The van der Waals surface area contributed by atoms with E-state index in [4.69, 9.17) is 4.74 Å². The molecule has 0 aromatic heterocycles. The predicted octanol–water partition coefficient (Wildman–Crippen LogP) is 2.48. The fourth-order valence-electron chi connectivity index (χ4n) is 2.66. The zero-order chi connectivity index (χ0) is 19.9. The Labute approximate surface area is 161 Å². The fourth-order valence-corrected chi connectivity index (χ4v) is 3.83. The monoisotopic (exact) mass is 390 g/mol. The van der Waals surface area contributed by atoms with Crippen molar-refractivity contribution in [2.75, 3.05) is 23.7 Å². The van der Waals surface area contributed by atoms with Gasteiger partial charge in [-0.25, -0.2) is 8.42 Å². The van der Waals surface area contributed by atoms with Crippen molar-refractivity contribution in [2.45, 2.75) is 26.5 Å². The molecule has 2 rings (SSSR count). The number of sulfonamides is 1. The van der Waals surface area contributed by atoms with E-state index in [2.05, 4.69) is 5.32 Å². The van der Waals surface area contributed by atoms with Crippen molar-refractivity contribution in [3.63, 3.8) is 0 Å². The highest BCUT2D eigenvalue weighted by molar-refractivity contribution is 7.92. The Morgan fingerprint density at radius 1 is 1.11 bits per heavy atom. The lowest BCUT2D eigenvalue weighted by Gasteiger charge is -2.28. The summed E-state index contributed by atoms with van der Waals surface area (Å²) in [5, 5.41) is 2.73. The molecule has 0 fully saturated rings. The number of benzene rings is 2. The van der Waals surface area contributed by atoms with Crippen LogP contribution in [0.2, 0.25) is 0 Å². The highest BCUT2D eigenvalue weighted by Crippen LogP contribution is 2.21. The first-order chi connectivity index (χ1) is 12.8. The highest BCUT2D eigenvalue weighted by atomic mass is 32.2. The van der Waals surface area contributed by atoms with Gasteiger partial charge in [0.2, 0.25) is 15.9 Å². The summed E-state index contributed by atoms with van der Waals surface area (Å²) in [4.78, 5) is 12.4. The summed E-state index contributed by atoms with van der Waals surface area (Å²) in [6, 6.07) is 15.9. The van der Waals surface area contributed by atoms with Gasteiger partial charge in [0.05, 0.1) is 25.2 Å². The molecule has 0 aliphatic rings. The van der Waals surface area contributed by atoms with Gasteiger partial charge in [0.25, 0.3) is 0 Å². The first kappa shape index (κ1) is 20.9. The standard InChI is InChI=1S/C20H26N2O4S/c1-16-9-11-19(12-10-16)22(27(3,24)25)17(2)20(23)21-13-14-26-15-18-7-5-4-6-8-18/h4-12,17H,13-15H2,1-3H3,(H,21,23). The third kappa shape index (κ3) is 6.37. The molecule has 7 heteroatoms. The molecule has 6 nitrogen and oxygen atoms in total. The smallest absolute Gasteiger partial charge is 0.243 e. The molecule has 0 bridgehead atoms. The Morgan fingerprint density at radius 3 is 2.33 bits per heavy atom. The molecule has 0 spiro atoms. The van der Waals surface area contributed by atoms with Gasteiger partial charge in [0.1, 0.15) is 6.04 Å². The third-order valence-electron chi connectivity index (χ3n) is 4.03. The van der Waals surface area contributed by atoms with Crippen molar-refractivity contribution < 1.29 is 17.9 Å². The van der Waals surface area contributed by atoms with E-state index in [9.17, 15) is 13.2 Å². The maximum atomic E-state index is 12.4. The van der Waals surface area contributed by atoms with Gasteiger partial charge in [0.15, 0.2) is 0 Å². The van der Waals surface area contributed by atoms with E-state index in [1.807, 2.05) is 49.4 Å². The van der Waals surface area contributed by atoms with Crippen molar-refractivity contribution in [1.29, 1.82) is 0 Å². The van der Waals surface area contributed by atoms with Gasteiger partial charge in [-0.15, -0.1) is 0 Å². The van der Waals surface area contributed by atoms with E-state index in [1.165, 1.54) is 0 Å². The highest BCUT2D eigenvalue weighted by Gasteiger charge is 2.28. The van der Waals surface area contributed by atoms with Crippen LogP contribution in [0, 0.1) is 6.92 Å². The van der Waals surface area contributed by atoms with E-state index in [0.29, 0.717) is 25.4 Å². The van der Waals surface area contributed by atoms with Crippen LogP contribution in [0.1, 0.15) is 18.1 Å². The van der Waals surface area contributed by atoms with Crippen LogP contribution in [0.15, 0.2) is 54.6 Å². The molecule has 1 N–H and O–H groups in total. The van der Waals surface area contributed by atoms with Gasteiger partial charge in [-0.05, 0) is 31.5 Å². The number of carbonyl (C=O) groups excluding carboxylic acids is 1. The number of hydrogen-bond acceptors (Lipinski definition) is 4. The number of rotatable bonds is 9.